The number of halogens is 1. The molecule has 2 N–H and O–H groups in total. The minimum Gasteiger partial charge on any atom is -0.497 e. The SMILES string of the molecule is COc1ccc(OC)c(C2C(C(=O)Nc3ccccc3OC)C(C)=Nc3c(C(=O)Nc4ccc(F)cc4)cnn32)c1. The van der Waals surface area contributed by atoms with Crippen molar-refractivity contribution in [3.63, 3.8) is 0 Å². The first kappa shape index (κ1) is 27.4. The van der Waals surface area contributed by atoms with Crippen LogP contribution in [0.15, 0.2) is 77.9 Å². The van der Waals surface area contributed by atoms with Gasteiger partial charge in [-0.1, -0.05) is 12.1 Å². The number of rotatable bonds is 8. The number of hydrogen-bond acceptors (Lipinski definition) is 7. The summed E-state index contributed by atoms with van der Waals surface area (Å²) in [5.41, 5.74) is 2.15. The van der Waals surface area contributed by atoms with E-state index in [1.54, 1.807) is 56.5 Å². The van der Waals surface area contributed by atoms with Crippen LogP contribution in [0.2, 0.25) is 0 Å². The van der Waals surface area contributed by atoms with Gasteiger partial charge in [0, 0.05) is 17.0 Å². The average molecular weight is 558 g/mol. The van der Waals surface area contributed by atoms with Crippen LogP contribution in [0.25, 0.3) is 0 Å². The number of nitrogens with one attached hydrogen (secondary N) is 2. The second-order valence-electron chi connectivity index (χ2n) is 9.26. The summed E-state index contributed by atoms with van der Waals surface area (Å²) in [6, 6.07) is 17.0. The highest BCUT2D eigenvalue weighted by atomic mass is 19.1. The lowest BCUT2D eigenvalue weighted by Crippen LogP contribution is -2.39. The van der Waals surface area contributed by atoms with Crippen molar-refractivity contribution in [2.75, 3.05) is 32.0 Å². The van der Waals surface area contributed by atoms with E-state index in [4.69, 9.17) is 14.2 Å². The summed E-state index contributed by atoms with van der Waals surface area (Å²) in [4.78, 5) is 31.9. The summed E-state index contributed by atoms with van der Waals surface area (Å²) in [6.07, 6.45) is 1.39. The summed E-state index contributed by atoms with van der Waals surface area (Å²) in [7, 11) is 4.60. The first-order valence-corrected chi connectivity index (χ1v) is 12.7. The number of para-hydroxylation sites is 2. The molecule has 0 saturated heterocycles. The molecule has 2 heterocycles. The van der Waals surface area contributed by atoms with Crippen molar-refractivity contribution in [3.8, 4) is 17.2 Å². The molecule has 210 valence electrons. The van der Waals surface area contributed by atoms with Crippen molar-refractivity contribution in [2.45, 2.75) is 13.0 Å². The molecule has 2 unspecified atom stereocenters. The topological polar surface area (TPSA) is 116 Å². The number of amides is 2. The number of aliphatic imine (C=N–C) groups is 1. The Morgan fingerprint density at radius 1 is 0.902 bits per heavy atom. The molecule has 2 amide bonds. The van der Waals surface area contributed by atoms with Gasteiger partial charge in [0.1, 0.15) is 34.5 Å². The number of nitrogens with zero attached hydrogens (tertiary/aromatic N) is 3. The second kappa shape index (κ2) is 11.5. The molecule has 1 aliphatic heterocycles. The van der Waals surface area contributed by atoms with Crippen LogP contribution in [-0.2, 0) is 4.79 Å². The van der Waals surface area contributed by atoms with Crippen LogP contribution in [0.5, 0.6) is 17.2 Å². The zero-order valence-electron chi connectivity index (χ0n) is 22.8. The van der Waals surface area contributed by atoms with E-state index in [-0.39, 0.29) is 17.3 Å². The number of aromatic nitrogens is 2. The molecular formula is C30H28FN5O5. The summed E-state index contributed by atoms with van der Waals surface area (Å²) in [6.45, 7) is 1.73. The monoisotopic (exact) mass is 557 g/mol. The number of fused-ring (bicyclic) bond motifs is 1. The number of benzene rings is 3. The fourth-order valence-electron chi connectivity index (χ4n) is 4.84. The van der Waals surface area contributed by atoms with Gasteiger partial charge in [-0.15, -0.1) is 0 Å². The molecule has 11 heteroatoms. The van der Waals surface area contributed by atoms with Crippen LogP contribution >= 0.6 is 0 Å². The zero-order chi connectivity index (χ0) is 29.1. The molecule has 0 aliphatic carbocycles. The Morgan fingerprint density at radius 3 is 2.34 bits per heavy atom. The molecule has 0 saturated carbocycles. The quantitative estimate of drug-likeness (QED) is 0.306. The van der Waals surface area contributed by atoms with Gasteiger partial charge in [0.2, 0.25) is 5.91 Å². The molecule has 4 aromatic rings. The van der Waals surface area contributed by atoms with Crippen molar-refractivity contribution in [3.05, 3.63) is 89.9 Å². The lowest BCUT2D eigenvalue weighted by molar-refractivity contribution is -0.118. The van der Waals surface area contributed by atoms with E-state index >= 15 is 0 Å². The molecule has 2 atom stereocenters. The Hall–Kier alpha value is -5.19. The van der Waals surface area contributed by atoms with Gasteiger partial charge < -0.3 is 24.8 Å². The Kier molecular flexibility index (Phi) is 7.68. The highest BCUT2D eigenvalue weighted by Crippen LogP contribution is 2.43. The van der Waals surface area contributed by atoms with Crippen LogP contribution in [0.4, 0.5) is 21.6 Å². The third-order valence-corrected chi connectivity index (χ3v) is 6.83. The van der Waals surface area contributed by atoms with Crippen LogP contribution in [-0.4, -0.2) is 48.6 Å². The molecular weight excluding hydrogens is 529 g/mol. The second-order valence-corrected chi connectivity index (χ2v) is 9.26. The predicted octanol–water partition coefficient (Wildman–Crippen LogP) is 5.25. The maximum atomic E-state index is 13.9. The molecule has 0 fully saturated rings. The van der Waals surface area contributed by atoms with E-state index in [1.807, 2.05) is 0 Å². The zero-order valence-corrected chi connectivity index (χ0v) is 22.8. The lowest BCUT2D eigenvalue weighted by Gasteiger charge is -2.32. The van der Waals surface area contributed by atoms with Crippen LogP contribution in [0.1, 0.15) is 28.9 Å². The summed E-state index contributed by atoms with van der Waals surface area (Å²) in [5.74, 6) is -0.293. The van der Waals surface area contributed by atoms with Crippen LogP contribution in [0, 0.1) is 11.7 Å². The molecule has 1 aliphatic rings. The number of carbonyl (C=O) groups is 2. The minimum absolute atomic E-state index is 0.184. The van der Waals surface area contributed by atoms with E-state index < -0.39 is 23.7 Å². The highest BCUT2D eigenvalue weighted by molar-refractivity contribution is 6.13. The highest BCUT2D eigenvalue weighted by Gasteiger charge is 2.41. The maximum Gasteiger partial charge on any atom is 0.261 e. The van der Waals surface area contributed by atoms with E-state index in [2.05, 4.69) is 20.7 Å². The lowest BCUT2D eigenvalue weighted by atomic mass is 9.86. The summed E-state index contributed by atoms with van der Waals surface area (Å²) >= 11 is 0. The number of carbonyl (C=O) groups excluding carboxylic acids is 2. The van der Waals surface area contributed by atoms with Gasteiger partial charge in [0.05, 0.1) is 39.3 Å². The van der Waals surface area contributed by atoms with E-state index in [9.17, 15) is 14.0 Å². The van der Waals surface area contributed by atoms with Gasteiger partial charge in [-0.05, 0) is 61.5 Å². The summed E-state index contributed by atoms with van der Waals surface area (Å²) < 4.78 is 31.5. The average Bonchev–Trinajstić information content (AvgIpc) is 3.41. The van der Waals surface area contributed by atoms with Gasteiger partial charge in [-0.3, -0.25) is 9.59 Å². The van der Waals surface area contributed by atoms with Crippen molar-refractivity contribution in [2.24, 2.45) is 10.9 Å². The third kappa shape index (κ3) is 5.33. The Morgan fingerprint density at radius 2 is 1.63 bits per heavy atom. The van der Waals surface area contributed by atoms with E-state index in [0.717, 1.165) is 0 Å². The molecule has 0 bridgehead atoms. The van der Waals surface area contributed by atoms with E-state index in [1.165, 1.54) is 49.4 Å². The molecule has 10 nitrogen and oxygen atoms in total. The number of ether oxygens (including phenoxy) is 3. The number of anilines is 2. The van der Waals surface area contributed by atoms with E-state index in [0.29, 0.717) is 39.9 Å². The first-order chi connectivity index (χ1) is 19.8. The molecule has 1 aromatic heterocycles. The number of hydrogen-bond donors (Lipinski definition) is 2. The van der Waals surface area contributed by atoms with Gasteiger partial charge in [0.15, 0.2) is 5.82 Å². The largest absolute Gasteiger partial charge is 0.497 e. The standard InChI is InChI=1S/C30H28FN5O5/c1-17-26(30(38)35-23-7-5-6-8-25(23)41-4)27(21-15-20(39-2)13-14-24(21)40-3)36-28(33-17)22(16-32-36)29(37)34-19-11-9-18(31)10-12-19/h5-16,26-27H,1-4H3,(H,34,37)(H,35,38). The number of methoxy groups -OCH3 is 3. The molecule has 5 rings (SSSR count). The van der Waals surface area contributed by atoms with Crippen molar-refractivity contribution in [1.29, 1.82) is 0 Å². The van der Waals surface area contributed by atoms with Gasteiger partial charge in [-0.25, -0.2) is 14.1 Å². The molecule has 41 heavy (non-hydrogen) atoms. The van der Waals surface area contributed by atoms with Crippen molar-refractivity contribution in [1.82, 2.24) is 9.78 Å². The molecule has 3 aromatic carbocycles. The maximum absolute atomic E-state index is 13.9. The minimum atomic E-state index is -0.846. The molecule has 0 radical (unpaired) electrons. The normalized spacial score (nSPS) is 15.8. The Bertz CT molecular complexity index is 1630. The first-order valence-electron chi connectivity index (χ1n) is 12.7. The van der Waals surface area contributed by atoms with Crippen molar-refractivity contribution < 1.29 is 28.2 Å². The van der Waals surface area contributed by atoms with Gasteiger partial charge >= 0.3 is 0 Å². The Balaban J connectivity index is 1.60. The fourth-order valence-corrected chi connectivity index (χ4v) is 4.84. The Labute approximate surface area is 235 Å². The smallest absolute Gasteiger partial charge is 0.261 e. The van der Waals surface area contributed by atoms with Crippen LogP contribution in [0.3, 0.4) is 0 Å². The fraction of sp³-hybridized carbons (Fsp3) is 0.200. The summed E-state index contributed by atoms with van der Waals surface area (Å²) in [5, 5.41) is 10.2. The van der Waals surface area contributed by atoms with Gasteiger partial charge in [0.25, 0.3) is 5.91 Å². The third-order valence-electron chi connectivity index (χ3n) is 6.83. The van der Waals surface area contributed by atoms with Crippen LogP contribution < -0.4 is 24.8 Å². The molecule has 0 spiro atoms. The van der Waals surface area contributed by atoms with Crippen molar-refractivity contribution >= 4 is 34.7 Å². The van der Waals surface area contributed by atoms with Gasteiger partial charge in [-0.2, -0.15) is 5.10 Å². The predicted molar refractivity (Wildman–Crippen MR) is 152 cm³/mol.